The molecule has 0 N–H and O–H groups in total. The van der Waals surface area contributed by atoms with Gasteiger partial charge in [0, 0.05) is 10.6 Å². The van der Waals surface area contributed by atoms with Gasteiger partial charge in [-0.2, -0.15) is 5.11 Å². The number of rotatable bonds is 4. The molecule has 3 aromatic rings. The van der Waals surface area contributed by atoms with Gasteiger partial charge in [0.1, 0.15) is 11.5 Å². The molecule has 5 rings (SSSR count). The number of benzene rings is 2. The molecule has 0 saturated carbocycles. The average molecular weight is 450 g/mol. The SMILES string of the molecule is Cc1cc(C)cc(N2C(=O)[C@H]3N=NN(Cc4nc(-c5cccc(Cl)c5)oc4C)[C@@H]3C2=O)c1. The number of imide groups is 1. The summed E-state index contributed by atoms with van der Waals surface area (Å²) in [6, 6.07) is 11.2. The molecular formula is C23H20ClN5O3. The summed E-state index contributed by atoms with van der Waals surface area (Å²) < 4.78 is 5.81. The third-order valence-corrected chi connectivity index (χ3v) is 5.83. The summed E-state index contributed by atoms with van der Waals surface area (Å²) in [6.07, 6.45) is 0. The molecule has 0 unspecified atom stereocenters. The van der Waals surface area contributed by atoms with Crippen molar-refractivity contribution in [3.8, 4) is 11.5 Å². The average Bonchev–Trinajstić information content (AvgIpc) is 3.38. The molecule has 0 radical (unpaired) electrons. The van der Waals surface area contributed by atoms with Crippen LogP contribution in [0.5, 0.6) is 0 Å². The Bertz CT molecular complexity index is 1260. The molecule has 3 heterocycles. The summed E-state index contributed by atoms with van der Waals surface area (Å²) >= 11 is 6.07. The van der Waals surface area contributed by atoms with E-state index in [0.717, 1.165) is 16.7 Å². The monoisotopic (exact) mass is 449 g/mol. The largest absolute Gasteiger partial charge is 0.441 e. The minimum Gasteiger partial charge on any atom is -0.441 e. The number of carbonyl (C=O) groups is 2. The molecule has 1 saturated heterocycles. The van der Waals surface area contributed by atoms with Gasteiger partial charge < -0.3 is 4.42 Å². The number of oxazole rings is 1. The van der Waals surface area contributed by atoms with Crippen LogP contribution in [0.4, 0.5) is 5.69 Å². The van der Waals surface area contributed by atoms with Crippen LogP contribution in [0.25, 0.3) is 11.5 Å². The minimum atomic E-state index is -0.858. The molecule has 1 fully saturated rings. The van der Waals surface area contributed by atoms with E-state index >= 15 is 0 Å². The predicted octanol–water partition coefficient (Wildman–Crippen LogP) is 4.41. The fourth-order valence-corrected chi connectivity index (χ4v) is 4.35. The smallest absolute Gasteiger partial charge is 0.263 e. The predicted molar refractivity (Wildman–Crippen MR) is 118 cm³/mol. The number of fused-ring (bicyclic) bond motifs is 1. The van der Waals surface area contributed by atoms with Crippen molar-refractivity contribution in [2.75, 3.05) is 4.90 Å². The van der Waals surface area contributed by atoms with Crippen molar-refractivity contribution in [2.24, 2.45) is 10.3 Å². The zero-order valence-corrected chi connectivity index (χ0v) is 18.5. The molecule has 2 aromatic carbocycles. The van der Waals surface area contributed by atoms with E-state index in [-0.39, 0.29) is 18.4 Å². The van der Waals surface area contributed by atoms with Gasteiger partial charge in [-0.05, 0) is 62.2 Å². The Kier molecular flexibility index (Phi) is 4.82. The minimum absolute atomic E-state index is 0.195. The van der Waals surface area contributed by atoms with Crippen LogP contribution in [0.1, 0.15) is 22.6 Å². The highest BCUT2D eigenvalue weighted by Gasteiger charge is 2.55. The lowest BCUT2D eigenvalue weighted by atomic mass is 10.1. The van der Waals surface area contributed by atoms with Crippen molar-refractivity contribution in [2.45, 2.75) is 39.4 Å². The summed E-state index contributed by atoms with van der Waals surface area (Å²) in [6.45, 7) is 5.85. The molecule has 2 aliphatic heterocycles. The van der Waals surface area contributed by atoms with Crippen LogP contribution in [0.3, 0.4) is 0 Å². The van der Waals surface area contributed by atoms with Crippen LogP contribution < -0.4 is 4.90 Å². The van der Waals surface area contributed by atoms with Crippen LogP contribution in [0.2, 0.25) is 5.02 Å². The van der Waals surface area contributed by atoms with Gasteiger partial charge in [-0.15, -0.1) is 0 Å². The lowest BCUT2D eigenvalue weighted by molar-refractivity contribution is -0.123. The maximum Gasteiger partial charge on any atom is 0.263 e. The van der Waals surface area contributed by atoms with Crippen LogP contribution in [0.15, 0.2) is 57.2 Å². The van der Waals surface area contributed by atoms with Gasteiger partial charge in [0.25, 0.3) is 11.8 Å². The van der Waals surface area contributed by atoms with Crippen LogP contribution >= 0.6 is 11.6 Å². The van der Waals surface area contributed by atoms with Gasteiger partial charge in [0.2, 0.25) is 5.89 Å². The van der Waals surface area contributed by atoms with Crippen molar-refractivity contribution in [1.82, 2.24) is 9.99 Å². The second kappa shape index (κ2) is 7.56. The summed E-state index contributed by atoms with van der Waals surface area (Å²) in [5, 5.41) is 10.3. The zero-order valence-electron chi connectivity index (χ0n) is 17.7. The van der Waals surface area contributed by atoms with Gasteiger partial charge in [-0.25, -0.2) is 9.88 Å². The van der Waals surface area contributed by atoms with Crippen molar-refractivity contribution < 1.29 is 14.0 Å². The first-order chi connectivity index (χ1) is 15.3. The van der Waals surface area contributed by atoms with E-state index in [4.69, 9.17) is 16.0 Å². The number of aryl methyl sites for hydroxylation is 3. The first kappa shape index (κ1) is 20.4. The molecule has 32 heavy (non-hydrogen) atoms. The van der Waals surface area contributed by atoms with E-state index in [1.54, 1.807) is 19.1 Å². The molecule has 162 valence electrons. The number of nitrogens with zero attached hydrogens (tertiary/aromatic N) is 5. The highest BCUT2D eigenvalue weighted by molar-refractivity contribution is 6.30. The summed E-state index contributed by atoms with van der Waals surface area (Å²) in [7, 11) is 0. The number of anilines is 1. The highest BCUT2D eigenvalue weighted by Crippen LogP contribution is 2.34. The lowest BCUT2D eigenvalue weighted by Crippen LogP contribution is -2.39. The van der Waals surface area contributed by atoms with Gasteiger partial charge >= 0.3 is 0 Å². The topological polar surface area (TPSA) is 91.4 Å². The normalized spacial score (nSPS) is 19.9. The fraction of sp³-hybridized carbons (Fsp3) is 0.261. The summed E-state index contributed by atoms with van der Waals surface area (Å²) in [5.41, 5.74) is 3.87. The van der Waals surface area contributed by atoms with Crippen LogP contribution in [-0.2, 0) is 16.1 Å². The van der Waals surface area contributed by atoms with E-state index in [1.165, 1.54) is 9.91 Å². The van der Waals surface area contributed by atoms with Gasteiger partial charge in [-0.1, -0.05) is 29.0 Å². The Hall–Kier alpha value is -3.52. The molecule has 9 heteroatoms. The Balaban J connectivity index is 1.41. The molecule has 0 bridgehead atoms. The maximum atomic E-state index is 13.3. The second-order valence-electron chi connectivity index (χ2n) is 8.08. The number of hydrogen-bond donors (Lipinski definition) is 0. The quantitative estimate of drug-likeness (QED) is 0.550. The van der Waals surface area contributed by atoms with E-state index < -0.39 is 12.1 Å². The molecule has 0 aliphatic carbocycles. The Morgan fingerprint density at radius 1 is 1.03 bits per heavy atom. The zero-order chi connectivity index (χ0) is 22.6. The van der Waals surface area contributed by atoms with Gasteiger partial charge in [-0.3, -0.25) is 14.6 Å². The van der Waals surface area contributed by atoms with E-state index in [0.29, 0.717) is 28.1 Å². The van der Waals surface area contributed by atoms with Crippen molar-refractivity contribution in [3.05, 3.63) is 70.1 Å². The first-order valence-corrected chi connectivity index (χ1v) is 10.6. The molecule has 2 aliphatic rings. The molecule has 1 aromatic heterocycles. The van der Waals surface area contributed by atoms with Crippen LogP contribution in [-0.4, -0.2) is 33.9 Å². The van der Waals surface area contributed by atoms with Crippen molar-refractivity contribution in [1.29, 1.82) is 0 Å². The summed E-state index contributed by atoms with van der Waals surface area (Å²) in [5.74, 6) is 0.318. The number of hydrogen-bond acceptors (Lipinski definition) is 7. The Labute approximate surface area is 189 Å². The molecule has 2 atom stereocenters. The van der Waals surface area contributed by atoms with Crippen molar-refractivity contribution in [3.63, 3.8) is 0 Å². The lowest BCUT2D eigenvalue weighted by Gasteiger charge is -2.20. The Morgan fingerprint density at radius 3 is 2.50 bits per heavy atom. The van der Waals surface area contributed by atoms with E-state index in [1.807, 2.05) is 44.2 Å². The molecule has 2 amide bonds. The second-order valence-corrected chi connectivity index (χ2v) is 8.52. The Morgan fingerprint density at radius 2 is 1.78 bits per heavy atom. The van der Waals surface area contributed by atoms with Crippen molar-refractivity contribution >= 4 is 29.1 Å². The number of halogens is 1. The fourth-order valence-electron chi connectivity index (χ4n) is 4.16. The maximum absolute atomic E-state index is 13.3. The first-order valence-electron chi connectivity index (χ1n) is 10.2. The third kappa shape index (κ3) is 3.36. The van der Waals surface area contributed by atoms with E-state index in [9.17, 15) is 9.59 Å². The molecular weight excluding hydrogens is 430 g/mol. The number of carbonyl (C=O) groups excluding carboxylic acids is 2. The highest BCUT2D eigenvalue weighted by atomic mass is 35.5. The number of aromatic nitrogens is 1. The summed E-state index contributed by atoms with van der Waals surface area (Å²) in [4.78, 5) is 32.0. The standard InChI is InChI=1S/C23H20ClN5O3/c1-12-7-13(2)9-17(8-12)29-22(30)19-20(23(29)31)28(27-26-19)11-18-14(3)32-21(25-18)15-5-4-6-16(24)10-15/h4-10,19-20H,11H2,1-3H3/t19-,20-/m0/s1. The number of amides is 2. The van der Waals surface area contributed by atoms with Gasteiger partial charge in [0.05, 0.1) is 12.2 Å². The van der Waals surface area contributed by atoms with Crippen LogP contribution in [0, 0.1) is 20.8 Å². The van der Waals surface area contributed by atoms with Gasteiger partial charge in [0.15, 0.2) is 12.1 Å². The van der Waals surface area contributed by atoms with E-state index in [2.05, 4.69) is 15.3 Å². The molecule has 8 nitrogen and oxygen atoms in total. The molecule has 0 spiro atoms. The third-order valence-electron chi connectivity index (χ3n) is 5.60.